The van der Waals surface area contributed by atoms with Crippen molar-refractivity contribution in [1.29, 1.82) is 0 Å². The van der Waals surface area contributed by atoms with Gasteiger partial charge in [0, 0.05) is 25.7 Å². The van der Waals surface area contributed by atoms with E-state index >= 15 is 0 Å². The number of hydrogen-bond donors (Lipinski definition) is 3. The summed E-state index contributed by atoms with van der Waals surface area (Å²) in [6.07, 6.45) is 53.9. The molecule has 0 aliphatic rings. The second kappa shape index (κ2) is 66.3. The molecule has 0 bridgehead atoms. The molecular weight excluding hydrogens is 1210 g/mol. The molecule has 0 saturated heterocycles. The summed E-state index contributed by atoms with van der Waals surface area (Å²) >= 11 is 0. The van der Waals surface area contributed by atoms with Gasteiger partial charge < -0.3 is 33.8 Å². The third-order valence-electron chi connectivity index (χ3n) is 17.0. The lowest BCUT2D eigenvalue weighted by Gasteiger charge is -2.21. The molecule has 0 aromatic rings. The highest BCUT2D eigenvalue weighted by Crippen LogP contribution is 2.45. The van der Waals surface area contributed by atoms with Gasteiger partial charge in [0.1, 0.15) is 19.3 Å². The van der Waals surface area contributed by atoms with Crippen LogP contribution < -0.4 is 0 Å². The predicted molar refractivity (Wildman–Crippen MR) is 372 cm³/mol. The SMILES string of the molecule is CCCCCCCCCCCCCCCCC(=O)OC[C@H](COP(=O)(O)OC[C@@H](O)COP(=O)(O)OC[C@@H](COC(=O)CCCCCCCCCCC(C)C)OC(=O)CCCCCCCCCCCCCCC)OC(=O)CCCCCCCCCCCCCCCC. The molecule has 5 atom stereocenters. The van der Waals surface area contributed by atoms with Gasteiger partial charge in [-0.3, -0.25) is 37.3 Å². The number of phosphoric ester groups is 2. The van der Waals surface area contributed by atoms with E-state index in [1.807, 2.05) is 0 Å². The quantitative estimate of drug-likeness (QED) is 0.0222. The summed E-state index contributed by atoms with van der Waals surface area (Å²) in [6.45, 7) is 7.25. The Morgan fingerprint density at radius 1 is 0.293 bits per heavy atom. The van der Waals surface area contributed by atoms with Gasteiger partial charge in [-0.1, -0.05) is 330 Å². The highest BCUT2D eigenvalue weighted by atomic mass is 31.2. The van der Waals surface area contributed by atoms with Crippen molar-refractivity contribution in [2.45, 2.75) is 400 Å². The van der Waals surface area contributed by atoms with Crippen molar-refractivity contribution in [3.63, 3.8) is 0 Å². The first-order valence-corrected chi connectivity index (χ1v) is 41.1. The molecule has 546 valence electrons. The number of aliphatic hydroxyl groups excluding tert-OH is 1. The van der Waals surface area contributed by atoms with E-state index in [2.05, 4.69) is 34.6 Å². The number of esters is 4. The molecular formula is C73H142O17P2. The van der Waals surface area contributed by atoms with Gasteiger partial charge in [-0.15, -0.1) is 0 Å². The van der Waals surface area contributed by atoms with Gasteiger partial charge in [-0.25, -0.2) is 9.13 Å². The average molecular weight is 1350 g/mol. The van der Waals surface area contributed by atoms with Crippen molar-refractivity contribution in [2.75, 3.05) is 39.6 Å². The minimum absolute atomic E-state index is 0.107. The smallest absolute Gasteiger partial charge is 0.462 e. The Morgan fingerprint density at radius 2 is 0.500 bits per heavy atom. The van der Waals surface area contributed by atoms with Crippen LogP contribution in [-0.4, -0.2) is 96.7 Å². The molecule has 0 radical (unpaired) electrons. The monoisotopic (exact) mass is 1350 g/mol. The average Bonchev–Trinajstić information content (AvgIpc) is 1.94. The number of aliphatic hydroxyl groups is 1. The van der Waals surface area contributed by atoms with Crippen LogP contribution in [0.25, 0.3) is 0 Å². The number of phosphoric acid groups is 2. The van der Waals surface area contributed by atoms with Gasteiger partial charge in [-0.05, 0) is 31.6 Å². The minimum atomic E-state index is -4.95. The van der Waals surface area contributed by atoms with Gasteiger partial charge >= 0.3 is 39.5 Å². The van der Waals surface area contributed by atoms with Gasteiger partial charge in [0.25, 0.3) is 0 Å². The Bertz CT molecular complexity index is 1770. The lowest BCUT2D eigenvalue weighted by Crippen LogP contribution is -2.30. The van der Waals surface area contributed by atoms with Crippen molar-refractivity contribution in [3.8, 4) is 0 Å². The standard InChI is InChI=1S/C73H142O17P2/c1-6-9-12-15-18-21-24-27-30-32-35-41-46-51-56-70(75)83-62-68(89-73(78)59-54-49-44-37-34-31-28-25-22-19-16-13-10-7-2)64-87-91(79,80)85-60-67(74)61-86-92(81,82)88-65-69(63-84-71(76)57-52-47-42-39-38-40-45-50-55-66(4)5)90-72(77)58-53-48-43-36-33-29-26-23-20-17-14-11-8-3/h66-69,74H,6-65H2,1-5H3,(H,79,80)(H,81,82)/t67-,68-,69-/m1/s1. The number of carbonyl (C=O) groups is 4. The first kappa shape index (κ1) is 90.1. The van der Waals surface area contributed by atoms with E-state index in [0.29, 0.717) is 25.7 Å². The van der Waals surface area contributed by atoms with E-state index in [-0.39, 0.29) is 25.7 Å². The van der Waals surface area contributed by atoms with E-state index in [4.69, 9.17) is 37.0 Å². The summed E-state index contributed by atoms with van der Waals surface area (Å²) in [4.78, 5) is 72.7. The van der Waals surface area contributed by atoms with Crippen molar-refractivity contribution < 1.29 is 80.2 Å². The summed E-state index contributed by atoms with van der Waals surface area (Å²) < 4.78 is 68.4. The van der Waals surface area contributed by atoms with E-state index in [1.165, 1.54) is 205 Å². The topological polar surface area (TPSA) is 237 Å². The largest absolute Gasteiger partial charge is 0.472 e. The molecule has 0 aliphatic carbocycles. The second-order valence-electron chi connectivity index (χ2n) is 26.8. The molecule has 17 nitrogen and oxygen atoms in total. The van der Waals surface area contributed by atoms with E-state index < -0.39 is 97.5 Å². The molecule has 0 heterocycles. The van der Waals surface area contributed by atoms with Crippen molar-refractivity contribution in [3.05, 3.63) is 0 Å². The maximum atomic E-state index is 13.1. The van der Waals surface area contributed by atoms with Crippen LogP contribution in [0.15, 0.2) is 0 Å². The van der Waals surface area contributed by atoms with E-state index in [9.17, 15) is 43.2 Å². The van der Waals surface area contributed by atoms with Gasteiger partial charge in [0.15, 0.2) is 12.2 Å². The predicted octanol–water partition coefficient (Wildman–Crippen LogP) is 21.3. The molecule has 3 N–H and O–H groups in total. The molecule has 0 spiro atoms. The van der Waals surface area contributed by atoms with Crippen LogP contribution in [0.1, 0.15) is 381 Å². The maximum Gasteiger partial charge on any atom is 0.472 e. The van der Waals surface area contributed by atoms with Crippen molar-refractivity contribution in [1.82, 2.24) is 0 Å². The van der Waals surface area contributed by atoms with E-state index in [1.54, 1.807) is 0 Å². The second-order valence-corrected chi connectivity index (χ2v) is 29.7. The van der Waals surface area contributed by atoms with Crippen LogP contribution in [0, 0.1) is 5.92 Å². The summed E-state index contributed by atoms with van der Waals surface area (Å²) in [7, 11) is -9.90. The summed E-state index contributed by atoms with van der Waals surface area (Å²) in [5.41, 5.74) is 0. The number of hydrogen-bond acceptors (Lipinski definition) is 15. The Kier molecular flexibility index (Phi) is 64.9. The zero-order valence-corrected chi connectivity index (χ0v) is 61.5. The molecule has 0 aromatic carbocycles. The maximum absolute atomic E-state index is 13.1. The lowest BCUT2D eigenvalue weighted by atomic mass is 10.0. The third kappa shape index (κ3) is 66.7. The third-order valence-corrected chi connectivity index (χ3v) is 18.9. The summed E-state index contributed by atoms with van der Waals surface area (Å²) in [5, 5.41) is 10.6. The molecule has 19 heteroatoms. The fraction of sp³-hybridized carbons (Fsp3) is 0.945. The van der Waals surface area contributed by atoms with Crippen molar-refractivity contribution >= 4 is 39.5 Å². The molecule has 0 aromatic heterocycles. The normalized spacial score (nSPS) is 14.0. The molecule has 2 unspecified atom stereocenters. The minimum Gasteiger partial charge on any atom is -0.462 e. The van der Waals surface area contributed by atoms with Crippen LogP contribution in [-0.2, 0) is 65.4 Å². The molecule has 92 heavy (non-hydrogen) atoms. The van der Waals surface area contributed by atoms with Gasteiger partial charge in [-0.2, -0.15) is 0 Å². The van der Waals surface area contributed by atoms with Crippen LogP contribution in [0.4, 0.5) is 0 Å². The molecule has 0 amide bonds. The van der Waals surface area contributed by atoms with Crippen LogP contribution in [0.2, 0.25) is 0 Å². The fourth-order valence-electron chi connectivity index (χ4n) is 11.2. The summed E-state index contributed by atoms with van der Waals surface area (Å²) in [6, 6.07) is 0. The van der Waals surface area contributed by atoms with Gasteiger partial charge in [0.05, 0.1) is 26.4 Å². The van der Waals surface area contributed by atoms with Crippen LogP contribution in [0.3, 0.4) is 0 Å². The number of ether oxygens (including phenoxy) is 4. The molecule has 0 rings (SSSR count). The van der Waals surface area contributed by atoms with Crippen LogP contribution in [0.5, 0.6) is 0 Å². The highest BCUT2D eigenvalue weighted by molar-refractivity contribution is 7.47. The first-order valence-electron chi connectivity index (χ1n) is 38.1. The Morgan fingerprint density at radius 3 is 0.739 bits per heavy atom. The molecule has 0 saturated carbocycles. The first-order chi connectivity index (χ1) is 44.5. The number of unbranched alkanes of at least 4 members (excludes halogenated alkanes) is 45. The van der Waals surface area contributed by atoms with Gasteiger partial charge in [0.2, 0.25) is 0 Å². The molecule has 0 fully saturated rings. The Balaban J connectivity index is 5.26. The zero-order valence-electron chi connectivity index (χ0n) is 59.7. The number of carbonyl (C=O) groups excluding carboxylic acids is 4. The fourth-order valence-corrected chi connectivity index (χ4v) is 12.8. The van der Waals surface area contributed by atoms with E-state index in [0.717, 1.165) is 95.8 Å². The summed E-state index contributed by atoms with van der Waals surface area (Å²) in [5.74, 6) is -1.39. The lowest BCUT2D eigenvalue weighted by molar-refractivity contribution is -0.161. The molecule has 0 aliphatic heterocycles. The number of rotatable bonds is 73. The Labute approximate surface area is 562 Å². The van der Waals surface area contributed by atoms with Crippen molar-refractivity contribution in [2.24, 2.45) is 5.92 Å². The Hall–Kier alpha value is -1.94. The highest BCUT2D eigenvalue weighted by Gasteiger charge is 2.30. The zero-order chi connectivity index (χ0) is 67.7. The van der Waals surface area contributed by atoms with Crippen LogP contribution >= 0.6 is 15.6 Å².